The summed E-state index contributed by atoms with van der Waals surface area (Å²) in [7, 11) is 0. The van der Waals surface area contributed by atoms with Crippen molar-refractivity contribution in [2.24, 2.45) is 0 Å². The first-order chi connectivity index (χ1) is 15.7. The average Bonchev–Trinajstić information content (AvgIpc) is 2.83. The Bertz CT molecular complexity index is 1210. The van der Waals surface area contributed by atoms with Gasteiger partial charge < -0.3 is 10.4 Å². The summed E-state index contributed by atoms with van der Waals surface area (Å²) in [6.07, 6.45) is 4.11. The number of fused-ring (bicyclic) bond motifs is 1. The Kier molecular flexibility index (Phi) is 6.83. The lowest BCUT2D eigenvalue weighted by atomic mass is 10.1. The Morgan fingerprint density at radius 1 is 0.875 bits per heavy atom. The minimum atomic E-state index is 0.327. The van der Waals surface area contributed by atoms with E-state index in [2.05, 4.69) is 54.4 Å². The van der Waals surface area contributed by atoms with Crippen LogP contribution >= 0.6 is 0 Å². The van der Waals surface area contributed by atoms with Gasteiger partial charge in [-0.3, -0.25) is 4.90 Å². The molecular formula is C28H29N3O. The van der Waals surface area contributed by atoms with Crippen molar-refractivity contribution in [2.75, 3.05) is 18.4 Å². The smallest absolute Gasteiger partial charge is 0.120 e. The van der Waals surface area contributed by atoms with E-state index in [4.69, 9.17) is 4.98 Å². The molecule has 0 radical (unpaired) electrons. The van der Waals surface area contributed by atoms with E-state index >= 15 is 0 Å². The fraction of sp³-hybridized carbons (Fsp3) is 0.179. The molecule has 0 unspecified atom stereocenters. The van der Waals surface area contributed by atoms with Crippen LogP contribution in [0.15, 0.2) is 78.9 Å². The molecule has 2 N–H and O–H groups in total. The highest BCUT2D eigenvalue weighted by Crippen LogP contribution is 2.30. The largest absolute Gasteiger partial charge is 0.508 e. The summed E-state index contributed by atoms with van der Waals surface area (Å²) in [6, 6.07) is 26.1. The molecule has 4 rings (SSSR count). The van der Waals surface area contributed by atoms with Crippen molar-refractivity contribution in [1.82, 2.24) is 9.88 Å². The van der Waals surface area contributed by atoms with Gasteiger partial charge in [0, 0.05) is 23.2 Å². The van der Waals surface area contributed by atoms with Gasteiger partial charge in [0.2, 0.25) is 0 Å². The van der Waals surface area contributed by atoms with Crippen molar-refractivity contribution in [3.63, 3.8) is 0 Å². The van der Waals surface area contributed by atoms with Crippen LogP contribution in [0.5, 0.6) is 5.75 Å². The number of hydrogen-bond acceptors (Lipinski definition) is 4. The molecule has 0 saturated heterocycles. The van der Waals surface area contributed by atoms with Crippen LogP contribution in [0.2, 0.25) is 0 Å². The molecule has 3 aromatic carbocycles. The Morgan fingerprint density at radius 3 is 2.41 bits per heavy atom. The quantitative estimate of drug-likeness (QED) is 0.310. The van der Waals surface area contributed by atoms with Crippen LogP contribution in [0.4, 0.5) is 11.4 Å². The van der Waals surface area contributed by atoms with Crippen molar-refractivity contribution in [3.05, 3.63) is 95.7 Å². The Balaban J connectivity index is 1.67. The Morgan fingerprint density at radius 2 is 1.62 bits per heavy atom. The fourth-order valence-corrected chi connectivity index (χ4v) is 3.76. The number of rotatable bonds is 8. The summed E-state index contributed by atoms with van der Waals surface area (Å²) in [5.74, 6) is 0.327. The molecule has 0 spiro atoms. The predicted molar refractivity (Wildman–Crippen MR) is 135 cm³/mol. The standard InChI is InChI=1S/C28H29N3O/c1-3-31(4-2)20-22-18-23(16-17-28(22)32)30-27-19-24(15-14-21-10-6-5-7-11-21)29-26-13-9-8-12-25(26)27/h5-19,32H,3-4,20H2,1-2H3,(H,29,30)/b15-14+. The molecule has 1 aromatic heterocycles. The molecule has 4 heteroatoms. The van der Waals surface area contributed by atoms with E-state index in [1.54, 1.807) is 6.07 Å². The number of aromatic hydroxyl groups is 1. The van der Waals surface area contributed by atoms with Crippen LogP contribution in [-0.2, 0) is 6.54 Å². The number of benzene rings is 3. The first-order valence-corrected chi connectivity index (χ1v) is 11.1. The molecule has 0 amide bonds. The van der Waals surface area contributed by atoms with Gasteiger partial charge in [-0.25, -0.2) is 4.98 Å². The zero-order valence-corrected chi connectivity index (χ0v) is 18.6. The van der Waals surface area contributed by atoms with Gasteiger partial charge in [-0.15, -0.1) is 0 Å². The SMILES string of the molecule is CCN(CC)Cc1cc(Nc2cc(/C=C/c3ccccc3)nc3ccccc23)ccc1O. The van der Waals surface area contributed by atoms with Gasteiger partial charge >= 0.3 is 0 Å². The number of phenolic OH excluding ortho intramolecular Hbond substituents is 1. The number of hydrogen-bond donors (Lipinski definition) is 2. The molecule has 0 fully saturated rings. The number of phenols is 1. The third-order valence-electron chi connectivity index (χ3n) is 5.63. The molecule has 0 saturated carbocycles. The number of pyridine rings is 1. The van der Waals surface area contributed by atoms with Gasteiger partial charge in [-0.2, -0.15) is 0 Å². The minimum absolute atomic E-state index is 0.327. The monoisotopic (exact) mass is 423 g/mol. The number of nitrogens with one attached hydrogen (secondary N) is 1. The molecule has 0 aliphatic rings. The van der Waals surface area contributed by atoms with E-state index < -0.39 is 0 Å². The Hall–Kier alpha value is -3.63. The van der Waals surface area contributed by atoms with Crippen LogP contribution in [0.3, 0.4) is 0 Å². The molecule has 4 nitrogen and oxygen atoms in total. The summed E-state index contributed by atoms with van der Waals surface area (Å²) >= 11 is 0. The van der Waals surface area contributed by atoms with Crippen molar-refractivity contribution >= 4 is 34.4 Å². The van der Waals surface area contributed by atoms with E-state index in [1.165, 1.54) is 0 Å². The van der Waals surface area contributed by atoms with E-state index in [9.17, 15) is 5.11 Å². The molecule has 0 aliphatic carbocycles. The molecule has 0 aliphatic heterocycles. The minimum Gasteiger partial charge on any atom is -0.508 e. The highest BCUT2D eigenvalue weighted by atomic mass is 16.3. The first-order valence-electron chi connectivity index (χ1n) is 11.1. The predicted octanol–water partition coefficient (Wildman–Crippen LogP) is 6.70. The van der Waals surface area contributed by atoms with Gasteiger partial charge in [0.05, 0.1) is 16.9 Å². The highest BCUT2D eigenvalue weighted by Gasteiger charge is 2.09. The lowest BCUT2D eigenvalue weighted by Crippen LogP contribution is -2.22. The number of nitrogens with zero attached hydrogens (tertiary/aromatic N) is 2. The highest BCUT2D eigenvalue weighted by molar-refractivity contribution is 5.94. The van der Waals surface area contributed by atoms with Gasteiger partial charge in [-0.1, -0.05) is 68.5 Å². The molecule has 162 valence electrons. The number of anilines is 2. The maximum Gasteiger partial charge on any atom is 0.120 e. The third-order valence-corrected chi connectivity index (χ3v) is 5.63. The van der Waals surface area contributed by atoms with Gasteiger partial charge in [0.1, 0.15) is 5.75 Å². The second kappa shape index (κ2) is 10.1. The second-order valence-electron chi connectivity index (χ2n) is 7.79. The van der Waals surface area contributed by atoms with E-state index in [0.717, 1.165) is 58.7 Å². The van der Waals surface area contributed by atoms with Crippen LogP contribution in [0, 0.1) is 0 Å². The zero-order valence-electron chi connectivity index (χ0n) is 18.6. The summed E-state index contributed by atoms with van der Waals surface area (Å²) in [5.41, 5.74) is 5.81. The third kappa shape index (κ3) is 5.16. The molecule has 1 heterocycles. The first kappa shape index (κ1) is 21.6. The van der Waals surface area contributed by atoms with Gasteiger partial charge in [0.25, 0.3) is 0 Å². The van der Waals surface area contributed by atoms with Crippen molar-refractivity contribution in [2.45, 2.75) is 20.4 Å². The summed E-state index contributed by atoms with van der Waals surface area (Å²) in [5, 5.41) is 15.0. The molecule has 32 heavy (non-hydrogen) atoms. The summed E-state index contributed by atoms with van der Waals surface area (Å²) in [4.78, 5) is 7.10. The van der Waals surface area contributed by atoms with Crippen LogP contribution < -0.4 is 5.32 Å². The molecular weight excluding hydrogens is 394 g/mol. The van der Waals surface area contributed by atoms with E-state index in [1.807, 2.05) is 54.6 Å². The lowest BCUT2D eigenvalue weighted by molar-refractivity contribution is 0.291. The van der Waals surface area contributed by atoms with Crippen LogP contribution in [-0.4, -0.2) is 28.1 Å². The normalized spacial score (nSPS) is 11.5. The zero-order chi connectivity index (χ0) is 22.3. The molecule has 0 atom stereocenters. The Labute approximate surface area is 189 Å². The fourth-order valence-electron chi connectivity index (χ4n) is 3.76. The summed E-state index contributed by atoms with van der Waals surface area (Å²) in [6.45, 7) is 6.88. The molecule has 4 aromatic rings. The lowest BCUT2D eigenvalue weighted by Gasteiger charge is -2.19. The number of aromatic nitrogens is 1. The van der Waals surface area contributed by atoms with Crippen molar-refractivity contribution < 1.29 is 5.11 Å². The van der Waals surface area contributed by atoms with Crippen LogP contribution in [0.1, 0.15) is 30.7 Å². The van der Waals surface area contributed by atoms with E-state index in [0.29, 0.717) is 5.75 Å². The van der Waals surface area contributed by atoms with Crippen molar-refractivity contribution in [1.29, 1.82) is 0 Å². The van der Waals surface area contributed by atoms with Gasteiger partial charge in [-0.05, 0) is 55.1 Å². The number of para-hydroxylation sites is 1. The van der Waals surface area contributed by atoms with Gasteiger partial charge in [0.15, 0.2) is 0 Å². The van der Waals surface area contributed by atoms with Crippen LogP contribution in [0.25, 0.3) is 23.1 Å². The molecule has 0 bridgehead atoms. The topological polar surface area (TPSA) is 48.4 Å². The summed E-state index contributed by atoms with van der Waals surface area (Å²) < 4.78 is 0. The maximum absolute atomic E-state index is 10.4. The average molecular weight is 424 g/mol. The second-order valence-corrected chi connectivity index (χ2v) is 7.79. The van der Waals surface area contributed by atoms with Crippen molar-refractivity contribution in [3.8, 4) is 5.75 Å². The maximum atomic E-state index is 10.4. The van der Waals surface area contributed by atoms with E-state index in [-0.39, 0.29) is 0 Å².